The minimum Gasteiger partial charge on any atom is -0.326 e. The van der Waals surface area contributed by atoms with Crippen LogP contribution in [0.2, 0.25) is 0 Å². The molecule has 0 aromatic heterocycles. The van der Waals surface area contributed by atoms with Crippen LogP contribution in [0.3, 0.4) is 0 Å². The molecule has 2 aromatic rings. The molecule has 2 rings (SSSR count). The molecule has 3 N–H and O–H groups in total. The van der Waals surface area contributed by atoms with Gasteiger partial charge in [-0.3, -0.25) is 4.72 Å². The second-order valence-corrected chi connectivity index (χ2v) is 7.17. The topological polar surface area (TPSA) is 72.2 Å². The van der Waals surface area contributed by atoms with E-state index in [1.54, 1.807) is 36.9 Å². The lowest BCUT2D eigenvalue weighted by molar-refractivity contribution is 0.600. The normalized spacial score (nSPS) is 11.4. The van der Waals surface area contributed by atoms with Crippen molar-refractivity contribution in [2.45, 2.75) is 23.3 Å². The molecule has 0 bridgehead atoms. The van der Waals surface area contributed by atoms with Crippen molar-refractivity contribution < 1.29 is 8.42 Å². The number of sulfonamides is 1. The van der Waals surface area contributed by atoms with Crippen molar-refractivity contribution in [1.29, 1.82) is 0 Å². The number of benzene rings is 2. The summed E-state index contributed by atoms with van der Waals surface area (Å²) in [5.74, 6) is 0. The summed E-state index contributed by atoms with van der Waals surface area (Å²) in [6.45, 7) is 2.08. The molecule has 112 valence electrons. The molecule has 0 aliphatic carbocycles. The maximum atomic E-state index is 12.5. The Balaban J connectivity index is 2.38. The van der Waals surface area contributed by atoms with Crippen LogP contribution in [-0.4, -0.2) is 14.7 Å². The molecule has 6 heteroatoms. The average Bonchev–Trinajstić information content (AvgIpc) is 2.47. The Morgan fingerprint density at radius 3 is 2.62 bits per heavy atom. The minimum atomic E-state index is -3.62. The van der Waals surface area contributed by atoms with Gasteiger partial charge in [0.1, 0.15) is 0 Å². The highest BCUT2D eigenvalue weighted by Gasteiger charge is 2.17. The Morgan fingerprint density at radius 1 is 1.19 bits per heavy atom. The van der Waals surface area contributed by atoms with E-state index in [-0.39, 0.29) is 4.90 Å². The number of nitrogens with one attached hydrogen (secondary N) is 1. The Hall–Kier alpha value is -1.50. The highest BCUT2D eigenvalue weighted by molar-refractivity contribution is 7.98. The minimum absolute atomic E-state index is 0.264. The largest absolute Gasteiger partial charge is 0.326 e. The quantitative estimate of drug-likeness (QED) is 0.830. The first-order valence-corrected chi connectivity index (χ1v) is 9.13. The first-order valence-electron chi connectivity index (χ1n) is 6.43. The highest BCUT2D eigenvalue weighted by atomic mass is 32.2. The van der Waals surface area contributed by atoms with Crippen molar-refractivity contribution >= 4 is 27.5 Å². The van der Waals surface area contributed by atoms with Crippen LogP contribution < -0.4 is 10.5 Å². The number of thioether (sulfide) groups is 1. The van der Waals surface area contributed by atoms with Gasteiger partial charge >= 0.3 is 0 Å². The lowest BCUT2D eigenvalue weighted by Crippen LogP contribution is -2.15. The van der Waals surface area contributed by atoms with Crippen molar-refractivity contribution in [3.63, 3.8) is 0 Å². The molecule has 0 heterocycles. The summed E-state index contributed by atoms with van der Waals surface area (Å²) in [7, 11) is -3.62. The lowest BCUT2D eigenvalue weighted by Gasteiger charge is -2.12. The van der Waals surface area contributed by atoms with E-state index in [9.17, 15) is 8.42 Å². The zero-order valence-corrected chi connectivity index (χ0v) is 13.6. The molecule has 2 aromatic carbocycles. The van der Waals surface area contributed by atoms with E-state index < -0.39 is 10.0 Å². The number of rotatable bonds is 5. The maximum Gasteiger partial charge on any atom is 0.262 e. The van der Waals surface area contributed by atoms with Gasteiger partial charge in [-0.05, 0) is 48.6 Å². The Kier molecular flexibility index (Phi) is 4.92. The summed E-state index contributed by atoms with van der Waals surface area (Å²) in [4.78, 5) is 1.27. The van der Waals surface area contributed by atoms with Gasteiger partial charge in [0.2, 0.25) is 0 Å². The Labute approximate surface area is 129 Å². The molecule has 4 nitrogen and oxygen atoms in total. The smallest absolute Gasteiger partial charge is 0.262 e. The van der Waals surface area contributed by atoms with Crippen molar-refractivity contribution in [3.05, 3.63) is 53.6 Å². The molecule has 0 saturated heterocycles. The predicted molar refractivity (Wildman–Crippen MR) is 88.1 cm³/mol. The standard InChI is InChI=1S/C15H18N2O2S2/c1-11-6-7-12(10-16)8-15(11)21(18,19)17-13-4-3-5-14(9-13)20-2/h3-9,17H,10,16H2,1-2H3. The number of hydrogen-bond donors (Lipinski definition) is 2. The Morgan fingerprint density at radius 2 is 1.95 bits per heavy atom. The van der Waals surface area contributed by atoms with Gasteiger partial charge in [-0.25, -0.2) is 8.42 Å². The van der Waals surface area contributed by atoms with Gasteiger partial charge in [0, 0.05) is 17.1 Å². The second-order valence-electron chi connectivity index (χ2n) is 4.64. The van der Waals surface area contributed by atoms with E-state index in [0.717, 1.165) is 10.5 Å². The van der Waals surface area contributed by atoms with E-state index in [0.29, 0.717) is 17.8 Å². The molecule has 0 amide bonds. The number of anilines is 1. The summed E-state index contributed by atoms with van der Waals surface area (Å²) < 4.78 is 27.7. The number of aryl methyl sites for hydroxylation is 1. The maximum absolute atomic E-state index is 12.5. The third-order valence-electron chi connectivity index (χ3n) is 3.10. The van der Waals surface area contributed by atoms with Gasteiger partial charge in [0.25, 0.3) is 10.0 Å². The zero-order valence-electron chi connectivity index (χ0n) is 12.0. The number of nitrogens with two attached hydrogens (primary N) is 1. The van der Waals surface area contributed by atoms with Crippen LogP contribution in [0.25, 0.3) is 0 Å². The molecule has 0 aliphatic heterocycles. The summed E-state index contributed by atoms with van der Waals surface area (Å²) >= 11 is 1.56. The van der Waals surface area contributed by atoms with Crippen LogP contribution >= 0.6 is 11.8 Å². The van der Waals surface area contributed by atoms with Gasteiger partial charge in [0.15, 0.2) is 0 Å². The molecule has 0 fully saturated rings. The summed E-state index contributed by atoms with van der Waals surface area (Å²) in [6.07, 6.45) is 1.95. The van der Waals surface area contributed by atoms with Gasteiger partial charge in [-0.2, -0.15) is 0 Å². The molecule has 0 unspecified atom stereocenters. The highest BCUT2D eigenvalue weighted by Crippen LogP contribution is 2.23. The van der Waals surface area contributed by atoms with Crippen LogP contribution in [0.4, 0.5) is 5.69 Å². The fourth-order valence-electron chi connectivity index (χ4n) is 1.96. The fraction of sp³-hybridized carbons (Fsp3) is 0.200. The first kappa shape index (κ1) is 15.9. The predicted octanol–water partition coefficient (Wildman–Crippen LogP) is 2.98. The second kappa shape index (κ2) is 6.51. The van der Waals surface area contributed by atoms with E-state index in [4.69, 9.17) is 5.73 Å². The molecular weight excluding hydrogens is 304 g/mol. The van der Waals surface area contributed by atoms with Gasteiger partial charge < -0.3 is 5.73 Å². The SMILES string of the molecule is CSc1cccc(NS(=O)(=O)c2cc(CN)ccc2C)c1. The van der Waals surface area contributed by atoms with E-state index >= 15 is 0 Å². The average molecular weight is 322 g/mol. The molecule has 0 aliphatic rings. The molecular formula is C15H18N2O2S2. The van der Waals surface area contributed by atoms with Crippen molar-refractivity contribution in [1.82, 2.24) is 0 Å². The van der Waals surface area contributed by atoms with Gasteiger partial charge in [-0.15, -0.1) is 11.8 Å². The third kappa shape index (κ3) is 3.78. The van der Waals surface area contributed by atoms with E-state index in [2.05, 4.69) is 4.72 Å². The third-order valence-corrected chi connectivity index (χ3v) is 5.35. The van der Waals surface area contributed by atoms with Crippen LogP contribution in [0.1, 0.15) is 11.1 Å². The van der Waals surface area contributed by atoms with Crippen molar-refractivity contribution in [3.8, 4) is 0 Å². The molecule has 0 spiro atoms. The van der Waals surface area contributed by atoms with Crippen LogP contribution in [0, 0.1) is 6.92 Å². The lowest BCUT2D eigenvalue weighted by atomic mass is 10.1. The van der Waals surface area contributed by atoms with Crippen LogP contribution in [-0.2, 0) is 16.6 Å². The molecule has 0 radical (unpaired) electrons. The Bertz CT molecular complexity index is 743. The molecule has 0 saturated carbocycles. The molecule has 21 heavy (non-hydrogen) atoms. The van der Waals surface area contributed by atoms with E-state index in [1.165, 1.54) is 0 Å². The van der Waals surface area contributed by atoms with Gasteiger partial charge in [0.05, 0.1) is 4.90 Å². The monoisotopic (exact) mass is 322 g/mol. The zero-order chi connectivity index (χ0) is 15.5. The summed E-state index contributed by atoms with van der Waals surface area (Å²) in [6, 6.07) is 12.5. The summed E-state index contributed by atoms with van der Waals surface area (Å²) in [5.41, 5.74) is 7.63. The van der Waals surface area contributed by atoms with Crippen LogP contribution in [0.5, 0.6) is 0 Å². The summed E-state index contributed by atoms with van der Waals surface area (Å²) in [5, 5.41) is 0. The number of hydrogen-bond acceptors (Lipinski definition) is 4. The van der Waals surface area contributed by atoms with Gasteiger partial charge in [-0.1, -0.05) is 18.2 Å². The van der Waals surface area contributed by atoms with Crippen LogP contribution in [0.15, 0.2) is 52.3 Å². The van der Waals surface area contributed by atoms with Crippen molar-refractivity contribution in [2.75, 3.05) is 11.0 Å². The van der Waals surface area contributed by atoms with E-state index in [1.807, 2.05) is 30.5 Å². The van der Waals surface area contributed by atoms with Crippen molar-refractivity contribution in [2.24, 2.45) is 5.73 Å². The molecule has 0 atom stereocenters. The first-order chi connectivity index (χ1) is 9.96. The fourth-order valence-corrected chi connectivity index (χ4v) is 3.76.